The van der Waals surface area contributed by atoms with Gasteiger partial charge in [-0.2, -0.15) is 0 Å². The highest BCUT2D eigenvalue weighted by molar-refractivity contribution is 9.10. The summed E-state index contributed by atoms with van der Waals surface area (Å²) in [4.78, 5) is 14.3. The number of amidine groups is 1. The maximum absolute atomic E-state index is 12.6. The van der Waals surface area contributed by atoms with Crippen LogP contribution in [-0.2, 0) is 11.2 Å². The Bertz CT molecular complexity index is 510. The average molecular weight is 354 g/mol. The summed E-state index contributed by atoms with van der Waals surface area (Å²) in [7, 11) is 0. The van der Waals surface area contributed by atoms with Crippen molar-refractivity contribution in [2.45, 2.75) is 38.1 Å². The molecule has 1 saturated carbocycles. The third-order valence-corrected chi connectivity index (χ3v) is 4.34. The minimum absolute atomic E-state index is 0.0239. The van der Waals surface area contributed by atoms with Gasteiger partial charge in [0.2, 0.25) is 5.91 Å². The van der Waals surface area contributed by atoms with Crippen LogP contribution in [-0.4, -0.2) is 34.4 Å². The van der Waals surface area contributed by atoms with Gasteiger partial charge in [-0.25, -0.2) is 0 Å². The number of halogens is 1. The highest BCUT2D eigenvalue weighted by Crippen LogP contribution is 2.24. The number of nitrogens with two attached hydrogens (primary N) is 1. The molecule has 0 aromatic heterocycles. The smallest absolute Gasteiger partial charge is 0.227 e. The van der Waals surface area contributed by atoms with E-state index in [4.69, 9.17) is 10.9 Å². The molecule has 0 bridgehead atoms. The summed E-state index contributed by atoms with van der Waals surface area (Å²) in [6, 6.07) is 7.91. The van der Waals surface area contributed by atoms with Crippen LogP contribution in [0.5, 0.6) is 0 Å². The quantitative estimate of drug-likeness (QED) is 0.369. The lowest BCUT2D eigenvalue weighted by Gasteiger charge is -2.28. The van der Waals surface area contributed by atoms with E-state index in [0.29, 0.717) is 6.42 Å². The van der Waals surface area contributed by atoms with Crippen molar-refractivity contribution in [1.82, 2.24) is 4.90 Å². The molecule has 0 radical (unpaired) electrons. The molecule has 1 aliphatic rings. The monoisotopic (exact) mass is 353 g/mol. The molecule has 0 unspecified atom stereocenters. The molecule has 0 spiro atoms. The lowest BCUT2D eigenvalue weighted by atomic mass is 10.1. The highest BCUT2D eigenvalue weighted by Gasteiger charge is 2.27. The first kappa shape index (κ1) is 15.8. The Hall–Kier alpha value is -1.56. The van der Waals surface area contributed by atoms with Crippen LogP contribution in [0.4, 0.5) is 0 Å². The molecule has 21 heavy (non-hydrogen) atoms. The van der Waals surface area contributed by atoms with Gasteiger partial charge in [-0.1, -0.05) is 46.1 Å². The molecule has 1 amide bonds. The van der Waals surface area contributed by atoms with E-state index in [1.165, 1.54) is 0 Å². The minimum atomic E-state index is 0.0239. The standard InChI is InChI=1S/C15H20BrN3O2/c16-12-7-5-11(6-8-12)9-15(20)19(10-14(17)18-21)13-3-1-2-4-13/h5-8,13,21H,1-4,9-10H2,(H2,17,18). The second-order valence-electron chi connectivity index (χ2n) is 5.35. The molecule has 1 fully saturated rings. The maximum Gasteiger partial charge on any atom is 0.227 e. The fourth-order valence-corrected chi connectivity index (χ4v) is 2.99. The molecule has 0 saturated heterocycles. The van der Waals surface area contributed by atoms with E-state index in [9.17, 15) is 4.79 Å². The molecule has 5 nitrogen and oxygen atoms in total. The summed E-state index contributed by atoms with van der Waals surface area (Å²) in [6.07, 6.45) is 4.57. The zero-order valence-corrected chi connectivity index (χ0v) is 13.4. The molecule has 0 heterocycles. The van der Waals surface area contributed by atoms with Crippen LogP contribution in [0.2, 0.25) is 0 Å². The van der Waals surface area contributed by atoms with Gasteiger partial charge in [0, 0.05) is 10.5 Å². The Labute approximate surface area is 132 Å². The Kier molecular flexibility index (Phi) is 5.61. The van der Waals surface area contributed by atoms with E-state index < -0.39 is 0 Å². The third kappa shape index (κ3) is 4.46. The van der Waals surface area contributed by atoms with Gasteiger partial charge >= 0.3 is 0 Å². The molecular formula is C15H20BrN3O2. The van der Waals surface area contributed by atoms with Crippen molar-refractivity contribution in [2.75, 3.05) is 6.54 Å². The van der Waals surface area contributed by atoms with Gasteiger partial charge in [-0.05, 0) is 30.5 Å². The van der Waals surface area contributed by atoms with Crippen molar-refractivity contribution >= 4 is 27.7 Å². The molecule has 2 rings (SSSR count). The first-order valence-electron chi connectivity index (χ1n) is 7.10. The van der Waals surface area contributed by atoms with Crippen molar-refractivity contribution in [3.63, 3.8) is 0 Å². The van der Waals surface area contributed by atoms with Gasteiger partial charge in [0.05, 0.1) is 13.0 Å². The second kappa shape index (κ2) is 7.45. The topological polar surface area (TPSA) is 78.9 Å². The van der Waals surface area contributed by atoms with Crippen LogP contribution < -0.4 is 5.73 Å². The first-order valence-corrected chi connectivity index (χ1v) is 7.89. The van der Waals surface area contributed by atoms with Crippen LogP contribution in [0.15, 0.2) is 33.9 Å². The van der Waals surface area contributed by atoms with Crippen molar-refractivity contribution in [1.29, 1.82) is 0 Å². The van der Waals surface area contributed by atoms with Gasteiger partial charge in [0.15, 0.2) is 5.84 Å². The van der Waals surface area contributed by atoms with Gasteiger partial charge in [0.25, 0.3) is 0 Å². The van der Waals surface area contributed by atoms with Crippen molar-refractivity contribution < 1.29 is 10.0 Å². The normalized spacial score (nSPS) is 16.1. The van der Waals surface area contributed by atoms with E-state index in [0.717, 1.165) is 35.7 Å². The second-order valence-corrected chi connectivity index (χ2v) is 6.27. The van der Waals surface area contributed by atoms with E-state index in [1.807, 2.05) is 24.3 Å². The van der Waals surface area contributed by atoms with Crippen LogP contribution in [0.25, 0.3) is 0 Å². The largest absolute Gasteiger partial charge is 0.409 e. The number of oxime groups is 1. The Morgan fingerprint density at radius 2 is 1.95 bits per heavy atom. The summed E-state index contributed by atoms with van der Waals surface area (Å²) in [5.41, 5.74) is 6.56. The van der Waals surface area contributed by atoms with Gasteiger partial charge in [0.1, 0.15) is 0 Å². The minimum Gasteiger partial charge on any atom is -0.409 e. The van der Waals surface area contributed by atoms with Crippen molar-refractivity contribution in [3.05, 3.63) is 34.3 Å². The summed E-state index contributed by atoms with van der Waals surface area (Å²) in [6.45, 7) is 0.191. The van der Waals surface area contributed by atoms with E-state index in [1.54, 1.807) is 4.90 Å². The van der Waals surface area contributed by atoms with Crippen LogP contribution in [0.3, 0.4) is 0 Å². The molecule has 114 valence electrons. The van der Waals surface area contributed by atoms with Crippen LogP contribution >= 0.6 is 15.9 Å². The summed E-state index contributed by atoms with van der Waals surface area (Å²) < 4.78 is 0.989. The van der Waals surface area contributed by atoms with Gasteiger partial charge < -0.3 is 15.8 Å². The lowest BCUT2D eigenvalue weighted by Crippen LogP contribution is -2.44. The molecule has 1 aromatic rings. The van der Waals surface area contributed by atoms with Gasteiger partial charge in [-0.15, -0.1) is 0 Å². The number of hydrogen-bond donors (Lipinski definition) is 2. The molecule has 1 aliphatic carbocycles. The molecule has 3 N–H and O–H groups in total. The molecule has 0 atom stereocenters. The van der Waals surface area contributed by atoms with E-state index in [-0.39, 0.29) is 24.3 Å². The predicted molar refractivity (Wildman–Crippen MR) is 85.2 cm³/mol. The molecular weight excluding hydrogens is 334 g/mol. The molecule has 0 aliphatic heterocycles. The predicted octanol–water partition coefficient (Wildman–Crippen LogP) is 2.51. The van der Waals surface area contributed by atoms with E-state index in [2.05, 4.69) is 21.1 Å². The van der Waals surface area contributed by atoms with Crippen molar-refractivity contribution in [2.24, 2.45) is 10.9 Å². The lowest BCUT2D eigenvalue weighted by molar-refractivity contribution is -0.131. The Balaban J connectivity index is 2.07. The van der Waals surface area contributed by atoms with Crippen molar-refractivity contribution in [3.8, 4) is 0 Å². The number of hydrogen-bond acceptors (Lipinski definition) is 3. The zero-order chi connectivity index (χ0) is 15.2. The zero-order valence-electron chi connectivity index (χ0n) is 11.8. The molecule has 6 heteroatoms. The number of benzene rings is 1. The average Bonchev–Trinajstić information content (AvgIpc) is 3.00. The van der Waals surface area contributed by atoms with Gasteiger partial charge in [-0.3, -0.25) is 4.79 Å². The van der Waals surface area contributed by atoms with E-state index >= 15 is 0 Å². The summed E-state index contributed by atoms with van der Waals surface area (Å²) >= 11 is 3.38. The highest BCUT2D eigenvalue weighted by atomic mass is 79.9. The fourth-order valence-electron chi connectivity index (χ4n) is 2.72. The number of nitrogens with zero attached hydrogens (tertiary/aromatic N) is 2. The number of amides is 1. The molecule has 1 aromatic carbocycles. The summed E-state index contributed by atoms with van der Waals surface area (Å²) in [5.74, 6) is 0.0990. The van der Waals surface area contributed by atoms with Crippen LogP contribution in [0.1, 0.15) is 31.2 Å². The van der Waals surface area contributed by atoms with Crippen LogP contribution in [0, 0.1) is 0 Å². The number of carbonyl (C=O) groups is 1. The fraction of sp³-hybridized carbons (Fsp3) is 0.467. The Morgan fingerprint density at radius 3 is 2.52 bits per heavy atom. The third-order valence-electron chi connectivity index (χ3n) is 3.82. The number of carbonyl (C=O) groups excluding carboxylic acids is 1. The number of rotatable bonds is 5. The SMILES string of the molecule is NC(CN(C(=O)Cc1ccc(Br)cc1)C1CCCC1)=NO. The Morgan fingerprint density at radius 1 is 1.33 bits per heavy atom. The first-order chi connectivity index (χ1) is 10.1. The summed E-state index contributed by atoms with van der Waals surface area (Å²) in [5, 5.41) is 11.7. The maximum atomic E-state index is 12.6.